The van der Waals surface area contributed by atoms with Crippen LogP contribution in [0.4, 0.5) is 14.9 Å². The molecule has 4 rings (SSSR count). The minimum Gasteiger partial charge on any atom is -0.495 e. The van der Waals surface area contributed by atoms with E-state index in [4.69, 9.17) is 4.74 Å². The van der Waals surface area contributed by atoms with Gasteiger partial charge in [0.15, 0.2) is 0 Å². The van der Waals surface area contributed by atoms with Crippen LogP contribution in [0.15, 0.2) is 59.8 Å². The lowest BCUT2D eigenvalue weighted by atomic mass is 9.93. The molecular formula is C22H22FN3O3. The number of allylic oxidation sites excluding steroid dienone is 1. The van der Waals surface area contributed by atoms with E-state index in [2.05, 4.69) is 10.6 Å². The van der Waals surface area contributed by atoms with Crippen LogP contribution in [0.5, 0.6) is 5.75 Å². The van der Waals surface area contributed by atoms with Gasteiger partial charge in [0.1, 0.15) is 11.6 Å². The molecule has 2 N–H and O–H groups in total. The molecular weight excluding hydrogens is 373 g/mol. The minimum atomic E-state index is -0.881. The molecule has 2 aromatic carbocycles. The van der Waals surface area contributed by atoms with E-state index >= 15 is 0 Å². The number of carbonyl (C=O) groups excluding carboxylic acids is 2. The third-order valence-corrected chi connectivity index (χ3v) is 5.25. The van der Waals surface area contributed by atoms with Crippen molar-refractivity contribution in [2.75, 3.05) is 12.4 Å². The van der Waals surface area contributed by atoms with Gasteiger partial charge in [-0.2, -0.15) is 0 Å². The summed E-state index contributed by atoms with van der Waals surface area (Å²) in [5.41, 5.74) is 1.60. The molecule has 1 aliphatic heterocycles. The summed E-state index contributed by atoms with van der Waals surface area (Å²) in [4.78, 5) is 27.6. The van der Waals surface area contributed by atoms with Gasteiger partial charge in [-0.15, -0.1) is 0 Å². The Morgan fingerprint density at radius 1 is 1.17 bits per heavy atom. The van der Waals surface area contributed by atoms with E-state index in [1.54, 1.807) is 54.3 Å². The highest BCUT2D eigenvalue weighted by Crippen LogP contribution is 2.38. The summed E-state index contributed by atoms with van der Waals surface area (Å²) in [5, 5.41) is 5.67. The van der Waals surface area contributed by atoms with Crippen molar-refractivity contribution < 1.29 is 18.7 Å². The second-order valence-electron chi connectivity index (χ2n) is 7.16. The van der Waals surface area contributed by atoms with Gasteiger partial charge in [-0.25, -0.2) is 9.18 Å². The zero-order valence-electron chi connectivity index (χ0n) is 16.2. The molecule has 0 spiro atoms. The first-order valence-corrected chi connectivity index (χ1v) is 9.50. The summed E-state index contributed by atoms with van der Waals surface area (Å²) in [6, 6.07) is 12.1. The van der Waals surface area contributed by atoms with Gasteiger partial charge >= 0.3 is 6.03 Å². The van der Waals surface area contributed by atoms with Crippen molar-refractivity contribution in [1.29, 1.82) is 0 Å². The number of rotatable bonds is 5. The number of hydrogen-bond acceptors (Lipinski definition) is 3. The molecule has 0 unspecified atom stereocenters. The van der Waals surface area contributed by atoms with Gasteiger partial charge in [0.05, 0.1) is 24.4 Å². The molecule has 0 radical (unpaired) electrons. The Labute approximate surface area is 168 Å². The molecule has 3 amide bonds. The highest BCUT2D eigenvalue weighted by Gasteiger charge is 2.42. The predicted octanol–water partition coefficient (Wildman–Crippen LogP) is 3.98. The molecule has 1 heterocycles. The number of methoxy groups -OCH3 is 1. The van der Waals surface area contributed by atoms with E-state index in [-0.39, 0.29) is 17.6 Å². The number of anilines is 1. The fraction of sp³-hybridized carbons (Fsp3) is 0.273. The van der Waals surface area contributed by atoms with Gasteiger partial charge in [0.25, 0.3) is 5.91 Å². The number of urea groups is 1. The number of para-hydroxylation sites is 2. The Hall–Kier alpha value is -3.35. The van der Waals surface area contributed by atoms with Crippen LogP contribution in [0.2, 0.25) is 0 Å². The van der Waals surface area contributed by atoms with Gasteiger partial charge in [-0.05, 0) is 38.0 Å². The van der Waals surface area contributed by atoms with Crippen LogP contribution in [0.1, 0.15) is 31.4 Å². The van der Waals surface area contributed by atoms with Crippen LogP contribution in [0.3, 0.4) is 0 Å². The minimum absolute atomic E-state index is 0.0747. The van der Waals surface area contributed by atoms with Crippen molar-refractivity contribution in [2.24, 2.45) is 0 Å². The average Bonchev–Trinajstić information content (AvgIpc) is 3.53. The van der Waals surface area contributed by atoms with Crippen LogP contribution in [0.25, 0.3) is 0 Å². The maximum atomic E-state index is 14.5. The molecule has 0 saturated heterocycles. The summed E-state index contributed by atoms with van der Waals surface area (Å²) in [7, 11) is 1.52. The molecule has 2 aromatic rings. The van der Waals surface area contributed by atoms with Gasteiger partial charge in [0, 0.05) is 17.3 Å². The SMILES string of the molecule is COc1ccccc1NC(=O)C1=C(C)N(C2CC2)C(=O)N[C@@H]1c1ccccc1F. The second kappa shape index (κ2) is 7.58. The molecule has 0 bridgehead atoms. The Morgan fingerprint density at radius 3 is 2.55 bits per heavy atom. The lowest BCUT2D eigenvalue weighted by Crippen LogP contribution is -2.49. The summed E-state index contributed by atoms with van der Waals surface area (Å²) < 4.78 is 19.8. The number of nitrogens with zero attached hydrogens (tertiary/aromatic N) is 1. The van der Waals surface area contributed by atoms with E-state index in [1.165, 1.54) is 13.2 Å². The highest BCUT2D eigenvalue weighted by molar-refractivity contribution is 6.07. The molecule has 1 fully saturated rings. The second-order valence-corrected chi connectivity index (χ2v) is 7.16. The van der Waals surface area contributed by atoms with Crippen molar-refractivity contribution in [1.82, 2.24) is 10.2 Å². The summed E-state index contributed by atoms with van der Waals surface area (Å²) >= 11 is 0. The van der Waals surface area contributed by atoms with Gasteiger partial charge in [0.2, 0.25) is 0 Å². The number of hydrogen-bond donors (Lipinski definition) is 2. The quantitative estimate of drug-likeness (QED) is 0.805. The van der Waals surface area contributed by atoms with Crippen LogP contribution in [-0.2, 0) is 4.79 Å². The third kappa shape index (κ3) is 3.55. The van der Waals surface area contributed by atoms with E-state index < -0.39 is 17.8 Å². The molecule has 29 heavy (non-hydrogen) atoms. The van der Waals surface area contributed by atoms with Crippen molar-refractivity contribution in [3.63, 3.8) is 0 Å². The lowest BCUT2D eigenvalue weighted by molar-refractivity contribution is -0.113. The monoisotopic (exact) mass is 395 g/mol. The van der Waals surface area contributed by atoms with Gasteiger partial charge < -0.3 is 15.4 Å². The summed E-state index contributed by atoms with van der Waals surface area (Å²) in [6.07, 6.45) is 1.77. The zero-order chi connectivity index (χ0) is 20.5. The standard InChI is InChI=1S/C22H22FN3O3/c1-13-19(21(27)24-17-9-5-6-10-18(17)29-2)20(15-7-3-4-8-16(15)23)25-22(28)26(13)14-11-12-14/h3-10,14,20H,11-12H2,1-2H3,(H,24,27)(H,25,28)/t20-/m1/s1. The molecule has 1 saturated carbocycles. The van der Waals surface area contributed by atoms with E-state index in [9.17, 15) is 14.0 Å². The normalized spacial score (nSPS) is 19.1. The molecule has 150 valence electrons. The number of benzene rings is 2. The predicted molar refractivity (Wildman–Crippen MR) is 107 cm³/mol. The number of nitrogens with one attached hydrogen (secondary N) is 2. The molecule has 7 heteroatoms. The maximum Gasteiger partial charge on any atom is 0.322 e. The molecule has 2 aliphatic rings. The maximum absolute atomic E-state index is 14.5. The Balaban J connectivity index is 1.77. The van der Waals surface area contributed by atoms with E-state index in [0.717, 1.165) is 12.8 Å². The number of halogens is 1. The van der Waals surface area contributed by atoms with Crippen molar-refractivity contribution in [3.8, 4) is 5.75 Å². The van der Waals surface area contributed by atoms with Gasteiger partial charge in [-0.1, -0.05) is 30.3 Å². The third-order valence-electron chi connectivity index (χ3n) is 5.25. The smallest absolute Gasteiger partial charge is 0.322 e. The average molecular weight is 395 g/mol. The Morgan fingerprint density at radius 2 is 1.86 bits per heavy atom. The molecule has 6 nitrogen and oxygen atoms in total. The topological polar surface area (TPSA) is 70.7 Å². The lowest BCUT2D eigenvalue weighted by Gasteiger charge is -2.36. The number of amides is 3. The van der Waals surface area contributed by atoms with Crippen LogP contribution < -0.4 is 15.4 Å². The van der Waals surface area contributed by atoms with Crippen LogP contribution in [-0.4, -0.2) is 30.0 Å². The number of carbonyl (C=O) groups is 2. The first kappa shape index (κ1) is 19.0. The molecule has 0 aromatic heterocycles. The Bertz CT molecular complexity index is 1000. The van der Waals surface area contributed by atoms with Crippen molar-refractivity contribution in [2.45, 2.75) is 31.8 Å². The van der Waals surface area contributed by atoms with Crippen LogP contribution >= 0.6 is 0 Å². The van der Waals surface area contributed by atoms with E-state index in [0.29, 0.717) is 22.7 Å². The van der Waals surface area contributed by atoms with E-state index in [1.807, 2.05) is 0 Å². The van der Waals surface area contributed by atoms with Crippen molar-refractivity contribution in [3.05, 3.63) is 71.2 Å². The molecule has 1 atom stereocenters. The summed E-state index contributed by atoms with van der Waals surface area (Å²) in [6.45, 7) is 1.74. The fourth-order valence-electron chi connectivity index (χ4n) is 3.70. The van der Waals surface area contributed by atoms with Gasteiger partial charge in [-0.3, -0.25) is 9.69 Å². The first-order chi connectivity index (χ1) is 14.0. The van der Waals surface area contributed by atoms with Crippen molar-refractivity contribution >= 4 is 17.6 Å². The molecule has 1 aliphatic carbocycles. The first-order valence-electron chi connectivity index (χ1n) is 9.50. The Kier molecular flexibility index (Phi) is 4.96. The summed E-state index contributed by atoms with van der Waals surface area (Å²) in [5.74, 6) is -0.376. The van der Waals surface area contributed by atoms with Crippen LogP contribution in [0, 0.1) is 5.82 Å². The highest BCUT2D eigenvalue weighted by atomic mass is 19.1. The zero-order valence-corrected chi connectivity index (χ0v) is 16.2. The fourth-order valence-corrected chi connectivity index (χ4v) is 3.70. The number of ether oxygens (including phenoxy) is 1. The largest absolute Gasteiger partial charge is 0.495 e.